The van der Waals surface area contributed by atoms with Crippen LogP contribution in [0.15, 0.2) is 16.3 Å². The van der Waals surface area contributed by atoms with Crippen LogP contribution >= 0.6 is 0 Å². The minimum atomic E-state index is 1.10. The molecule has 0 N–H and O–H groups in total. The molecule has 0 aromatic rings. The Balaban J connectivity index is 2.74. The third-order valence-corrected chi connectivity index (χ3v) is 1.96. The summed E-state index contributed by atoms with van der Waals surface area (Å²) in [5.74, 6) is 0. The number of rotatable bonds is 2. The molecule has 0 unspecified atom stereocenters. The molecule has 1 aliphatic rings. The van der Waals surface area contributed by atoms with Crippen LogP contribution in [0.1, 0.15) is 40.0 Å². The van der Waals surface area contributed by atoms with E-state index in [1.54, 1.807) is 5.57 Å². The quantitative estimate of drug-likeness (QED) is 0.555. The number of nitrogens with zero attached hydrogens (tertiary/aromatic N) is 1. The van der Waals surface area contributed by atoms with Crippen LogP contribution in [0, 0.1) is 0 Å². The Hall–Kier alpha value is -0.590. The largest absolute Gasteiger partial charge is 0.262 e. The van der Waals surface area contributed by atoms with E-state index in [4.69, 9.17) is 0 Å². The fraction of sp³-hybridized carbons (Fsp3) is 0.667. The summed E-state index contributed by atoms with van der Waals surface area (Å²) in [5, 5.41) is 0. The molecular weight excluding hydrogens is 122 g/mol. The lowest BCUT2D eigenvalue weighted by atomic mass is 10.1. The predicted octanol–water partition coefficient (Wildman–Crippen LogP) is 2.93. The van der Waals surface area contributed by atoms with Gasteiger partial charge < -0.3 is 0 Å². The molecule has 0 aromatic heterocycles. The van der Waals surface area contributed by atoms with Crippen molar-refractivity contribution in [2.75, 3.05) is 0 Å². The summed E-state index contributed by atoms with van der Waals surface area (Å²) in [6.45, 7) is 6.49. The van der Waals surface area contributed by atoms with Crippen molar-refractivity contribution in [3.05, 3.63) is 11.3 Å². The zero-order chi connectivity index (χ0) is 7.56. The molecule has 0 atom stereocenters. The molecule has 0 saturated carbocycles. The van der Waals surface area contributed by atoms with Crippen LogP contribution in [0.2, 0.25) is 0 Å². The molecule has 0 radical (unpaired) electrons. The van der Waals surface area contributed by atoms with E-state index in [1.165, 1.54) is 17.8 Å². The van der Waals surface area contributed by atoms with E-state index in [0.29, 0.717) is 0 Å². The first kappa shape index (κ1) is 7.52. The van der Waals surface area contributed by atoms with Gasteiger partial charge in [0.2, 0.25) is 0 Å². The second kappa shape index (κ2) is 3.00. The summed E-state index contributed by atoms with van der Waals surface area (Å²) in [6.07, 6.45) is 3.39. The third kappa shape index (κ3) is 1.28. The molecule has 1 rings (SSSR count). The van der Waals surface area contributed by atoms with Crippen LogP contribution < -0.4 is 0 Å². The van der Waals surface area contributed by atoms with Crippen molar-refractivity contribution in [1.29, 1.82) is 0 Å². The lowest BCUT2D eigenvalue weighted by Crippen LogP contribution is -1.85. The Bertz CT molecular complexity index is 187. The average molecular weight is 137 g/mol. The molecule has 0 bridgehead atoms. The molecule has 1 nitrogen and oxygen atoms in total. The van der Waals surface area contributed by atoms with Crippen LogP contribution in [-0.4, -0.2) is 5.71 Å². The van der Waals surface area contributed by atoms with E-state index in [2.05, 4.69) is 25.8 Å². The van der Waals surface area contributed by atoms with Gasteiger partial charge in [0.1, 0.15) is 0 Å². The van der Waals surface area contributed by atoms with Crippen molar-refractivity contribution in [3.63, 3.8) is 0 Å². The lowest BCUT2D eigenvalue weighted by Gasteiger charge is -1.97. The first-order valence-electron chi connectivity index (χ1n) is 4.03. The Morgan fingerprint density at radius 3 is 2.40 bits per heavy atom. The summed E-state index contributed by atoms with van der Waals surface area (Å²) < 4.78 is 0. The standard InChI is InChI=1S/C9H15N/c1-4-8-6-7(3)10-9(8)5-2/h4-6H2,1-3H3. The summed E-state index contributed by atoms with van der Waals surface area (Å²) in [6, 6.07) is 0. The minimum Gasteiger partial charge on any atom is -0.262 e. The summed E-state index contributed by atoms with van der Waals surface area (Å²) >= 11 is 0. The summed E-state index contributed by atoms with van der Waals surface area (Å²) in [4.78, 5) is 4.46. The van der Waals surface area contributed by atoms with Crippen molar-refractivity contribution in [3.8, 4) is 0 Å². The number of aliphatic imine (C=N–C) groups is 1. The molecular formula is C9H15N. The average Bonchev–Trinajstić information content (AvgIpc) is 2.30. The van der Waals surface area contributed by atoms with Gasteiger partial charge in [0, 0.05) is 17.8 Å². The molecule has 1 heterocycles. The maximum Gasteiger partial charge on any atom is 0.0395 e. The van der Waals surface area contributed by atoms with Crippen LogP contribution in [0.25, 0.3) is 0 Å². The van der Waals surface area contributed by atoms with Crippen molar-refractivity contribution in [2.45, 2.75) is 40.0 Å². The maximum atomic E-state index is 4.46. The fourth-order valence-corrected chi connectivity index (χ4v) is 1.42. The normalized spacial score (nSPS) is 18.1. The van der Waals surface area contributed by atoms with Crippen LogP contribution in [-0.2, 0) is 0 Å². The molecule has 1 heteroatoms. The van der Waals surface area contributed by atoms with Gasteiger partial charge in [-0.15, -0.1) is 0 Å². The smallest absolute Gasteiger partial charge is 0.0395 e. The van der Waals surface area contributed by atoms with E-state index in [9.17, 15) is 0 Å². The molecule has 0 aliphatic carbocycles. The number of hydrogen-bond donors (Lipinski definition) is 0. The Labute approximate surface area is 62.9 Å². The number of allylic oxidation sites excluding steroid dienone is 2. The van der Waals surface area contributed by atoms with Gasteiger partial charge in [-0.1, -0.05) is 13.8 Å². The van der Waals surface area contributed by atoms with Gasteiger partial charge in [-0.2, -0.15) is 0 Å². The maximum absolute atomic E-state index is 4.46. The molecule has 0 saturated heterocycles. The van der Waals surface area contributed by atoms with Crippen molar-refractivity contribution in [1.82, 2.24) is 0 Å². The molecule has 0 aromatic carbocycles. The fourth-order valence-electron chi connectivity index (χ4n) is 1.42. The van der Waals surface area contributed by atoms with Crippen LogP contribution in [0.4, 0.5) is 0 Å². The van der Waals surface area contributed by atoms with Crippen LogP contribution in [0.5, 0.6) is 0 Å². The van der Waals surface area contributed by atoms with Crippen molar-refractivity contribution < 1.29 is 0 Å². The third-order valence-electron chi connectivity index (χ3n) is 1.96. The van der Waals surface area contributed by atoms with Gasteiger partial charge in [0.15, 0.2) is 0 Å². The first-order chi connectivity index (χ1) is 4.77. The van der Waals surface area contributed by atoms with E-state index in [-0.39, 0.29) is 0 Å². The highest BCUT2D eigenvalue weighted by Crippen LogP contribution is 2.24. The Kier molecular flexibility index (Phi) is 2.25. The van der Waals surface area contributed by atoms with Gasteiger partial charge in [-0.05, 0) is 25.3 Å². The van der Waals surface area contributed by atoms with Crippen molar-refractivity contribution >= 4 is 5.71 Å². The molecule has 0 fully saturated rings. The highest BCUT2D eigenvalue weighted by Gasteiger charge is 2.10. The zero-order valence-corrected chi connectivity index (χ0v) is 7.07. The first-order valence-corrected chi connectivity index (χ1v) is 4.03. The second-order valence-corrected chi connectivity index (χ2v) is 2.78. The molecule has 0 amide bonds. The highest BCUT2D eigenvalue weighted by atomic mass is 14.8. The lowest BCUT2D eigenvalue weighted by molar-refractivity contribution is 0.978. The van der Waals surface area contributed by atoms with Crippen LogP contribution in [0.3, 0.4) is 0 Å². The molecule has 56 valence electrons. The highest BCUT2D eigenvalue weighted by molar-refractivity contribution is 5.87. The molecule has 0 spiro atoms. The number of hydrogen-bond acceptors (Lipinski definition) is 1. The van der Waals surface area contributed by atoms with Gasteiger partial charge in [0.25, 0.3) is 0 Å². The molecule has 10 heavy (non-hydrogen) atoms. The SMILES string of the molecule is CCC1=C(CC)N=C(C)C1. The van der Waals surface area contributed by atoms with E-state index >= 15 is 0 Å². The van der Waals surface area contributed by atoms with E-state index < -0.39 is 0 Å². The van der Waals surface area contributed by atoms with E-state index in [0.717, 1.165) is 12.8 Å². The summed E-state index contributed by atoms with van der Waals surface area (Å²) in [7, 11) is 0. The Morgan fingerprint density at radius 2 is 2.00 bits per heavy atom. The summed E-state index contributed by atoms with van der Waals surface area (Å²) in [5.41, 5.74) is 4.16. The van der Waals surface area contributed by atoms with Gasteiger partial charge in [-0.3, -0.25) is 4.99 Å². The molecule has 1 aliphatic heterocycles. The van der Waals surface area contributed by atoms with Gasteiger partial charge in [-0.25, -0.2) is 0 Å². The second-order valence-electron chi connectivity index (χ2n) is 2.78. The predicted molar refractivity (Wildman–Crippen MR) is 45.3 cm³/mol. The minimum absolute atomic E-state index is 1.10. The Morgan fingerprint density at radius 1 is 1.30 bits per heavy atom. The monoisotopic (exact) mass is 137 g/mol. The topological polar surface area (TPSA) is 12.4 Å². The van der Waals surface area contributed by atoms with Crippen molar-refractivity contribution in [2.24, 2.45) is 4.99 Å². The van der Waals surface area contributed by atoms with Gasteiger partial charge in [0.05, 0.1) is 0 Å². The van der Waals surface area contributed by atoms with E-state index in [1.807, 2.05) is 0 Å². The zero-order valence-electron chi connectivity index (χ0n) is 7.07. The van der Waals surface area contributed by atoms with Gasteiger partial charge >= 0.3 is 0 Å².